The van der Waals surface area contributed by atoms with Crippen molar-refractivity contribution in [2.45, 2.75) is 13.5 Å². The molecule has 20 heavy (non-hydrogen) atoms. The summed E-state index contributed by atoms with van der Waals surface area (Å²) in [4.78, 5) is 16.0. The maximum atomic E-state index is 11.8. The third-order valence-corrected chi connectivity index (χ3v) is 3.43. The number of hydrogen-bond acceptors (Lipinski definition) is 3. The minimum absolute atomic E-state index is 0.0722. The van der Waals surface area contributed by atoms with Gasteiger partial charge in [0.15, 0.2) is 0 Å². The number of para-hydroxylation sites is 1. The van der Waals surface area contributed by atoms with Crippen LogP contribution in [0.3, 0.4) is 0 Å². The monoisotopic (exact) mass is 333 g/mol. The minimum atomic E-state index is -0.0722. The topological polar surface area (TPSA) is 54.0 Å². The number of aryl methyl sites for hydroxylation is 1. The zero-order valence-corrected chi connectivity index (χ0v) is 12.8. The number of benzene rings is 1. The SMILES string of the molecule is Cc1ccc(CNCC(=O)Nc2ccccc2Br)cn1. The summed E-state index contributed by atoms with van der Waals surface area (Å²) in [6, 6.07) is 11.5. The van der Waals surface area contributed by atoms with E-state index >= 15 is 0 Å². The number of pyridine rings is 1. The van der Waals surface area contributed by atoms with Gasteiger partial charge in [-0.1, -0.05) is 18.2 Å². The summed E-state index contributed by atoms with van der Waals surface area (Å²) in [6.07, 6.45) is 1.81. The smallest absolute Gasteiger partial charge is 0.238 e. The molecule has 0 aliphatic carbocycles. The van der Waals surface area contributed by atoms with Gasteiger partial charge in [0.2, 0.25) is 5.91 Å². The molecule has 4 nitrogen and oxygen atoms in total. The zero-order valence-electron chi connectivity index (χ0n) is 11.2. The summed E-state index contributed by atoms with van der Waals surface area (Å²) in [5.74, 6) is -0.0722. The summed E-state index contributed by atoms with van der Waals surface area (Å²) in [5, 5.41) is 5.93. The summed E-state index contributed by atoms with van der Waals surface area (Å²) >= 11 is 3.39. The van der Waals surface area contributed by atoms with E-state index in [-0.39, 0.29) is 12.5 Å². The summed E-state index contributed by atoms with van der Waals surface area (Å²) in [6.45, 7) is 2.83. The Bertz CT molecular complexity index is 584. The van der Waals surface area contributed by atoms with Crippen molar-refractivity contribution in [3.8, 4) is 0 Å². The van der Waals surface area contributed by atoms with Crippen molar-refractivity contribution in [3.63, 3.8) is 0 Å². The molecule has 0 unspecified atom stereocenters. The Labute approximate surface area is 126 Å². The van der Waals surface area contributed by atoms with Crippen molar-refractivity contribution < 1.29 is 4.79 Å². The first-order chi connectivity index (χ1) is 9.65. The average Bonchev–Trinajstić information content (AvgIpc) is 2.44. The number of nitrogens with one attached hydrogen (secondary N) is 2. The second-order valence-corrected chi connectivity index (χ2v) is 5.29. The molecule has 1 amide bonds. The van der Waals surface area contributed by atoms with Crippen LogP contribution in [0.25, 0.3) is 0 Å². The van der Waals surface area contributed by atoms with Gasteiger partial charge in [-0.2, -0.15) is 0 Å². The zero-order chi connectivity index (χ0) is 14.4. The first-order valence-electron chi connectivity index (χ1n) is 6.32. The Hall–Kier alpha value is -1.72. The highest BCUT2D eigenvalue weighted by Gasteiger charge is 2.04. The summed E-state index contributed by atoms with van der Waals surface area (Å²) in [5.41, 5.74) is 2.82. The highest BCUT2D eigenvalue weighted by Crippen LogP contribution is 2.20. The van der Waals surface area contributed by atoms with Crippen LogP contribution < -0.4 is 10.6 Å². The van der Waals surface area contributed by atoms with Crippen molar-refractivity contribution in [2.75, 3.05) is 11.9 Å². The Kier molecular flexibility index (Phi) is 5.26. The van der Waals surface area contributed by atoms with E-state index in [0.29, 0.717) is 6.54 Å². The van der Waals surface area contributed by atoms with Crippen LogP contribution in [0.2, 0.25) is 0 Å². The fraction of sp³-hybridized carbons (Fsp3) is 0.200. The fourth-order valence-corrected chi connectivity index (χ4v) is 2.06. The van der Waals surface area contributed by atoms with Crippen LogP contribution in [0.1, 0.15) is 11.3 Å². The van der Waals surface area contributed by atoms with Crippen LogP contribution in [-0.2, 0) is 11.3 Å². The van der Waals surface area contributed by atoms with Gasteiger partial charge in [0.1, 0.15) is 0 Å². The third-order valence-electron chi connectivity index (χ3n) is 2.74. The van der Waals surface area contributed by atoms with E-state index in [0.717, 1.165) is 21.4 Å². The molecule has 104 valence electrons. The van der Waals surface area contributed by atoms with Gasteiger partial charge in [0.25, 0.3) is 0 Å². The molecule has 0 fully saturated rings. The van der Waals surface area contributed by atoms with E-state index in [2.05, 4.69) is 31.5 Å². The van der Waals surface area contributed by atoms with Gasteiger partial charge in [-0.05, 0) is 46.6 Å². The van der Waals surface area contributed by atoms with Crippen LogP contribution >= 0.6 is 15.9 Å². The molecular formula is C15H16BrN3O. The Morgan fingerprint density at radius 2 is 2.05 bits per heavy atom. The number of halogens is 1. The number of amides is 1. The average molecular weight is 334 g/mol. The number of aromatic nitrogens is 1. The van der Waals surface area contributed by atoms with Crippen LogP contribution in [-0.4, -0.2) is 17.4 Å². The highest BCUT2D eigenvalue weighted by atomic mass is 79.9. The van der Waals surface area contributed by atoms with Crippen LogP contribution in [0, 0.1) is 6.92 Å². The maximum Gasteiger partial charge on any atom is 0.238 e. The van der Waals surface area contributed by atoms with Gasteiger partial charge in [0.05, 0.1) is 12.2 Å². The first-order valence-corrected chi connectivity index (χ1v) is 7.11. The first kappa shape index (κ1) is 14.7. The molecule has 5 heteroatoms. The molecule has 1 aromatic carbocycles. The van der Waals surface area contributed by atoms with Crippen molar-refractivity contribution in [3.05, 3.63) is 58.3 Å². The molecular weight excluding hydrogens is 318 g/mol. The molecule has 1 aromatic heterocycles. The second kappa shape index (κ2) is 7.17. The number of anilines is 1. The Morgan fingerprint density at radius 1 is 1.25 bits per heavy atom. The van der Waals surface area contributed by atoms with Gasteiger partial charge in [-0.25, -0.2) is 0 Å². The molecule has 2 N–H and O–H groups in total. The van der Waals surface area contributed by atoms with Crippen LogP contribution in [0.5, 0.6) is 0 Å². The number of rotatable bonds is 5. The number of hydrogen-bond donors (Lipinski definition) is 2. The third kappa shape index (κ3) is 4.43. The summed E-state index contributed by atoms with van der Waals surface area (Å²) in [7, 11) is 0. The number of carbonyl (C=O) groups is 1. The van der Waals surface area contributed by atoms with Crippen molar-refractivity contribution in [1.29, 1.82) is 0 Å². The molecule has 0 bridgehead atoms. The van der Waals surface area contributed by atoms with Gasteiger partial charge in [0, 0.05) is 22.9 Å². The molecule has 0 aliphatic heterocycles. The van der Waals surface area contributed by atoms with Gasteiger partial charge < -0.3 is 10.6 Å². The number of carbonyl (C=O) groups excluding carboxylic acids is 1. The Morgan fingerprint density at radius 3 is 2.75 bits per heavy atom. The van der Waals surface area contributed by atoms with E-state index in [1.807, 2.05) is 49.5 Å². The minimum Gasteiger partial charge on any atom is -0.324 e. The quantitative estimate of drug-likeness (QED) is 0.884. The molecule has 0 radical (unpaired) electrons. The molecule has 1 heterocycles. The Balaban J connectivity index is 1.78. The van der Waals surface area contributed by atoms with E-state index in [4.69, 9.17) is 0 Å². The van der Waals surface area contributed by atoms with Gasteiger partial charge in [-0.15, -0.1) is 0 Å². The molecule has 0 saturated carbocycles. The van der Waals surface area contributed by atoms with Gasteiger partial charge in [-0.3, -0.25) is 9.78 Å². The highest BCUT2D eigenvalue weighted by molar-refractivity contribution is 9.10. The lowest BCUT2D eigenvalue weighted by Gasteiger charge is -2.08. The standard InChI is InChI=1S/C15H16BrN3O/c1-11-6-7-12(9-18-11)8-17-10-15(20)19-14-5-3-2-4-13(14)16/h2-7,9,17H,8,10H2,1H3,(H,19,20). The van der Waals surface area contributed by atoms with E-state index < -0.39 is 0 Å². The van der Waals surface area contributed by atoms with E-state index in [1.165, 1.54) is 0 Å². The molecule has 0 aliphatic rings. The molecule has 0 atom stereocenters. The lowest BCUT2D eigenvalue weighted by Crippen LogP contribution is -2.27. The predicted molar refractivity (Wildman–Crippen MR) is 83.5 cm³/mol. The fourth-order valence-electron chi connectivity index (χ4n) is 1.68. The predicted octanol–water partition coefficient (Wildman–Crippen LogP) is 2.88. The largest absolute Gasteiger partial charge is 0.324 e. The van der Waals surface area contributed by atoms with E-state index in [1.54, 1.807) is 0 Å². The van der Waals surface area contributed by atoms with Gasteiger partial charge >= 0.3 is 0 Å². The van der Waals surface area contributed by atoms with Crippen LogP contribution in [0.4, 0.5) is 5.69 Å². The van der Waals surface area contributed by atoms with Crippen LogP contribution in [0.15, 0.2) is 47.1 Å². The van der Waals surface area contributed by atoms with Crippen molar-refractivity contribution >= 4 is 27.5 Å². The molecule has 2 rings (SSSR count). The second-order valence-electron chi connectivity index (χ2n) is 4.44. The van der Waals surface area contributed by atoms with Crippen molar-refractivity contribution in [2.24, 2.45) is 0 Å². The van der Waals surface area contributed by atoms with Crippen molar-refractivity contribution in [1.82, 2.24) is 10.3 Å². The lowest BCUT2D eigenvalue weighted by molar-refractivity contribution is -0.115. The van der Waals surface area contributed by atoms with E-state index in [9.17, 15) is 4.79 Å². The summed E-state index contributed by atoms with van der Waals surface area (Å²) < 4.78 is 0.871. The normalized spacial score (nSPS) is 10.3. The molecule has 2 aromatic rings. The molecule has 0 saturated heterocycles. The number of nitrogens with zero attached hydrogens (tertiary/aromatic N) is 1. The maximum absolute atomic E-state index is 11.8. The lowest BCUT2D eigenvalue weighted by atomic mass is 10.2. The molecule has 0 spiro atoms.